The molecular weight excluding hydrogens is 595 g/mol. The zero-order valence-corrected chi connectivity index (χ0v) is 25.5. The second-order valence-electron chi connectivity index (χ2n) is 11.1. The lowest BCUT2D eigenvalue weighted by Gasteiger charge is -2.20. The molecule has 5 aromatic rings. The second-order valence-corrected chi connectivity index (χ2v) is 11.8. The zero-order valence-electron chi connectivity index (χ0n) is 24.0. The molecule has 0 radical (unpaired) electrons. The van der Waals surface area contributed by atoms with E-state index in [9.17, 15) is 4.79 Å². The third-order valence-electron chi connectivity index (χ3n) is 8.39. The van der Waals surface area contributed by atoms with Gasteiger partial charge in [-0.25, -0.2) is 9.97 Å². The van der Waals surface area contributed by atoms with Crippen molar-refractivity contribution >= 4 is 51.5 Å². The summed E-state index contributed by atoms with van der Waals surface area (Å²) in [5.41, 5.74) is 6.83. The van der Waals surface area contributed by atoms with Crippen LogP contribution in [-0.2, 0) is 11.2 Å². The maximum Gasteiger partial charge on any atom is 0.220 e. The molecule has 4 heterocycles. The van der Waals surface area contributed by atoms with E-state index in [1.54, 1.807) is 19.5 Å². The number of carbonyl (C=O) groups is 1. The summed E-state index contributed by atoms with van der Waals surface area (Å²) in [5, 5.41) is 12.1. The Morgan fingerprint density at radius 2 is 1.75 bits per heavy atom. The van der Waals surface area contributed by atoms with Gasteiger partial charge in [-0.2, -0.15) is 0 Å². The van der Waals surface area contributed by atoms with E-state index in [2.05, 4.69) is 32.0 Å². The second kappa shape index (κ2) is 12.0. The molecule has 44 heavy (non-hydrogen) atoms. The Morgan fingerprint density at radius 3 is 2.57 bits per heavy atom. The van der Waals surface area contributed by atoms with Crippen molar-refractivity contribution in [3.63, 3.8) is 0 Å². The Kier molecular flexibility index (Phi) is 7.80. The summed E-state index contributed by atoms with van der Waals surface area (Å²) in [4.78, 5) is 25.5. The fourth-order valence-corrected chi connectivity index (χ4v) is 6.81. The van der Waals surface area contributed by atoms with Gasteiger partial charge in [0.1, 0.15) is 5.52 Å². The van der Waals surface area contributed by atoms with Crippen LogP contribution in [0.1, 0.15) is 36.4 Å². The molecule has 2 aliphatic rings. The number of benzene rings is 2. The summed E-state index contributed by atoms with van der Waals surface area (Å²) < 4.78 is 5.81. The minimum absolute atomic E-state index is 0.112. The number of fused-ring (bicyclic) bond motifs is 2. The number of hydrogen-bond donors (Lipinski definition) is 3. The van der Waals surface area contributed by atoms with Crippen LogP contribution in [0, 0.1) is 0 Å². The number of ether oxygens (including phenoxy) is 1. The number of hydrogen-bond acceptors (Lipinski definition) is 7. The first-order chi connectivity index (χ1) is 21.5. The fourth-order valence-electron chi connectivity index (χ4n) is 6.22. The molecule has 1 saturated heterocycles. The summed E-state index contributed by atoms with van der Waals surface area (Å²) in [5.74, 6) is 1.33. The molecular formula is C34H30Cl2N6O2. The summed E-state index contributed by atoms with van der Waals surface area (Å²) >= 11 is 14.1. The number of aryl methyl sites for hydroxylation is 1. The van der Waals surface area contributed by atoms with Gasteiger partial charge in [-0.3, -0.25) is 9.78 Å². The number of anilines is 2. The van der Waals surface area contributed by atoms with E-state index in [1.807, 2.05) is 54.6 Å². The van der Waals surface area contributed by atoms with E-state index < -0.39 is 0 Å². The first-order valence-electron chi connectivity index (χ1n) is 14.6. The smallest absolute Gasteiger partial charge is 0.220 e. The molecule has 0 spiro atoms. The molecule has 10 heteroatoms. The third-order valence-corrected chi connectivity index (χ3v) is 9.20. The van der Waals surface area contributed by atoms with Crippen LogP contribution in [0.3, 0.4) is 0 Å². The minimum Gasteiger partial charge on any atom is -0.481 e. The molecule has 1 aliphatic heterocycles. The number of methoxy groups -OCH3 is 1. The van der Waals surface area contributed by atoms with Crippen LogP contribution in [0.5, 0.6) is 5.88 Å². The van der Waals surface area contributed by atoms with Crippen LogP contribution in [0.25, 0.3) is 33.3 Å². The molecule has 3 N–H and O–H groups in total. The van der Waals surface area contributed by atoms with Gasteiger partial charge in [0, 0.05) is 65.1 Å². The predicted molar refractivity (Wildman–Crippen MR) is 175 cm³/mol. The molecule has 8 nitrogen and oxygen atoms in total. The molecule has 2 aromatic carbocycles. The summed E-state index contributed by atoms with van der Waals surface area (Å²) in [6, 6.07) is 19.9. The van der Waals surface area contributed by atoms with Crippen LogP contribution in [0.15, 0.2) is 73.1 Å². The maximum atomic E-state index is 11.6. The third kappa shape index (κ3) is 5.34. The molecule has 222 valence electrons. The fraction of sp³-hybridized carbons (Fsp3) is 0.235. The molecule has 0 saturated carbocycles. The molecule has 3 aromatic heterocycles. The molecule has 1 aliphatic carbocycles. The summed E-state index contributed by atoms with van der Waals surface area (Å²) in [6.07, 6.45) is 6.76. The quantitative estimate of drug-likeness (QED) is 0.167. The molecule has 1 fully saturated rings. The Bertz CT molecular complexity index is 1890. The van der Waals surface area contributed by atoms with E-state index in [4.69, 9.17) is 32.9 Å². The van der Waals surface area contributed by atoms with Gasteiger partial charge in [-0.15, -0.1) is 0 Å². The highest BCUT2D eigenvalue weighted by Crippen LogP contribution is 2.44. The number of halogens is 2. The van der Waals surface area contributed by atoms with E-state index in [1.165, 1.54) is 5.56 Å². The van der Waals surface area contributed by atoms with E-state index in [0.717, 1.165) is 64.7 Å². The molecule has 0 unspecified atom stereocenters. The lowest BCUT2D eigenvalue weighted by Crippen LogP contribution is -2.36. The predicted octanol–water partition coefficient (Wildman–Crippen LogP) is 7.27. The average molecular weight is 626 g/mol. The maximum absolute atomic E-state index is 11.6. The normalized spacial score (nSPS) is 17.5. The average Bonchev–Trinajstić information content (AvgIpc) is 3.66. The van der Waals surface area contributed by atoms with Crippen LogP contribution in [0.4, 0.5) is 11.5 Å². The van der Waals surface area contributed by atoms with Crippen molar-refractivity contribution in [2.45, 2.75) is 37.8 Å². The summed E-state index contributed by atoms with van der Waals surface area (Å²) in [7, 11) is 1.65. The highest BCUT2D eigenvalue weighted by Gasteiger charge is 2.30. The Labute approximate surface area is 265 Å². The highest BCUT2D eigenvalue weighted by molar-refractivity contribution is 6.39. The largest absolute Gasteiger partial charge is 0.481 e. The van der Waals surface area contributed by atoms with Crippen molar-refractivity contribution in [2.24, 2.45) is 0 Å². The van der Waals surface area contributed by atoms with Crippen LogP contribution in [0.2, 0.25) is 10.0 Å². The van der Waals surface area contributed by atoms with Gasteiger partial charge in [-0.1, -0.05) is 59.6 Å². The first-order valence-corrected chi connectivity index (χ1v) is 15.4. The van der Waals surface area contributed by atoms with Crippen molar-refractivity contribution in [1.29, 1.82) is 0 Å². The first kappa shape index (κ1) is 28.5. The topological polar surface area (TPSA) is 101 Å². The molecule has 0 bridgehead atoms. The van der Waals surface area contributed by atoms with Crippen molar-refractivity contribution in [2.75, 3.05) is 19.0 Å². The van der Waals surface area contributed by atoms with Gasteiger partial charge in [0.05, 0.1) is 28.5 Å². The Hall–Kier alpha value is -4.24. The standard InChI is InChI=1S/C34H30Cl2N6O2/c1-44-34-29-20(10-12-25(29)39-18-21-11-13-28(43)40-21)17-27(42-34)24-8-2-6-22(30(24)35)23-7-3-9-26(31(23)36)41-33-32-19(14-16-38-33)5-4-15-37-32/h2-9,14-17,21,25,39H,10-13,18H2,1H3,(H,38,41)(H,40,43)/t21-,25+/m0/s1. The van der Waals surface area contributed by atoms with Crippen LogP contribution < -0.4 is 20.7 Å². The van der Waals surface area contributed by atoms with Gasteiger partial charge in [-0.05, 0) is 49.1 Å². The molecule has 1 amide bonds. The number of carbonyl (C=O) groups excluding carboxylic acids is 1. The minimum atomic E-state index is 0.112. The van der Waals surface area contributed by atoms with Gasteiger partial charge in [0.25, 0.3) is 0 Å². The monoisotopic (exact) mass is 624 g/mol. The number of aromatic nitrogens is 3. The molecule has 7 rings (SSSR count). The SMILES string of the molecule is COc1nc(-c2cccc(-c3cccc(Nc4nccc5cccnc45)c3Cl)c2Cl)cc2c1[C@H](NC[C@@H]1CCC(=O)N1)CC2. The summed E-state index contributed by atoms with van der Waals surface area (Å²) in [6.45, 7) is 0.719. The van der Waals surface area contributed by atoms with Crippen molar-refractivity contribution < 1.29 is 9.53 Å². The zero-order chi connectivity index (χ0) is 30.2. The Morgan fingerprint density at radius 1 is 0.932 bits per heavy atom. The lowest BCUT2D eigenvalue weighted by molar-refractivity contribution is -0.119. The number of amides is 1. The van der Waals surface area contributed by atoms with Crippen molar-refractivity contribution in [3.05, 3.63) is 94.2 Å². The Balaban J connectivity index is 1.19. The number of rotatable bonds is 8. The van der Waals surface area contributed by atoms with Crippen molar-refractivity contribution in [1.82, 2.24) is 25.6 Å². The van der Waals surface area contributed by atoms with Gasteiger partial charge >= 0.3 is 0 Å². The number of pyridine rings is 3. The number of nitrogens with one attached hydrogen (secondary N) is 3. The van der Waals surface area contributed by atoms with E-state index >= 15 is 0 Å². The molecule has 2 atom stereocenters. The van der Waals surface area contributed by atoms with E-state index in [0.29, 0.717) is 33.9 Å². The lowest BCUT2D eigenvalue weighted by atomic mass is 9.99. The van der Waals surface area contributed by atoms with Crippen molar-refractivity contribution in [3.8, 4) is 28.3 Å². The van der Waals surface area contributed by atoms with Crippen LogP contribution in [-0.4, -0.2) is 40.6 Å². The van der Waals surface area contributed by atoms with Crippen LogP contribution >= 0.6 is 23.2 Å². The van der Waals surface area contributed by atoms with Gasteiger partial charge < -0.3 is 20.7 Å². The number of nitrogens with zero attached hydrogens (tertiary/aromatic N) is 3. The van der Waals surface area contributed by atoms with Gasteiger partial charge in [0.2, 0.25) is 11.8 Å². The highest BCUT2D eigenvalue weighted by atomic mass is 35.5. The van der Waals surface area contributed by atoms with E-state index in [-0.39, 0.29) is 18.0 Å². The van der Waals surface area contributed by atoms with Gasteiger partial charge in [0.15, 0.2) is 5.82 Å².